The second kappa shape index (κ2) is 13.4. The van der Waals surface area contributed by atoms with Gasteiger partial charge in [0.2, 0.25) is 0 Å². The Hall–Kier alpha value is -3.59. The zero-order valence-electron chi connectivity index (χ0n) is 24.8. The van der Waals surface area contributed by atoms with Crippen LogP contribution in [0.15, 0.2) is 71.7 Å². The van der Waals surface area contributed by atoms with Gasteiger partial charge in [-0.25, -0.2) is 4.79 Å². The molecule has 8 nitrogen and oxygen atoms in total. The predicted octanol–water partition coefficient (Wildman–Crippen LogP) is 6.66. The number of carbonyl (C=O) groups excluding carboxylic acids is 2. The summed E-state index contributed by atoms with van der Waals surface area (Å²) in [6.45, 7) is 8.09. The molecule has 3 aromatic carbocycles. The lowest BCUT2D eigenvalue weighted by Crippen LogP contribution is -2.54. The van der Waals surface area contributed by atoms with Crippen LogP contribution in [0.3, 0.4) is 0 Å². The molecule has 0 N–H and O–H groups in total. The monoisotopic (exact) mass is 622 g/mol. The van der Waals surface area contributed by atoms with E-state index in [0.29, 0.717) is 65.7 Å². The number of aliphatic imine (C=N–C) groups is 1. The summed E-state index contributed by atoms with van der Waals surface area (Å²) in [4.78, 5) is 37.3. The number of amidine groups is 1. The molecule has 43 heavy (non-hydrogen) atoms. The Labute approximate surface area is 262 Å². The van der Waals surface area contributed by atoms with Gasteiger partial charge < -0.3 is 14.4 Å². The number of Topliss-reactive ketones (excluding diaryl/α,β-unsaturated/α-hetero) is 1. The van der Waals surface area contributed by atoms with Gasteiger partial charge in [-0.15, -0.1) is 0 Å². The van der Waals surface area contributed by atoms with Crippen LogP contribution in [0, 0.1) is 0 Å². The Kier molecular flexibility index (Phi) is 9.59. The molecule has 0 aromatic heterocycles. The van der Waals surface area contributed by atoms with Crippen LogP contribution in [0.5, 0.6) is 11.5 Å². The normalized spacial score (nSPS) is 19.0. The van der Waals surface area contributed by atoms with Gasteiger partial charge in [-0.05, 0) is 68.3 Å². The molecule has 1 saturated heterocycles. The predicted molar refractivity (Wildman–Crippen MR) is 170 cm³/mol. The maximum Gasteiger partial charge on any atom is 0.326 e. The first-order chi connectivity index (χ1) is 20.6. The number of urea groups is 1. The molecule has 0 saturated carbocycles. The molecule has 2 heterocycles. The van der Waals surface area contributed by atoms with Crippen LogP contribution >= 0.6 is 23.2 Å². The molecule has 1 fully saturated rings. The van der Waals surface area contributed by atoms with E-state index in [2.05, 4.69) is 4.90 Å². The molecule has 0 bridgehead atoms. The highest BCUT2D eigenvalue weighted by Crippen LogP contribution is 2.46. The van der Waals surface area contributed by atoms with Crippen molar-refractivity contribution in [1.82, 2.24) is 14.7 Å². The summed E-state index contributed by atoms with van der Waals surface area (Å²) in [5.41, 5.74) is 2.50. The number of nitrogens with zero attached hydrogens (tertiary/aromatic N) is 4. The molecule has 226 valence electrons. The van der Waals surface area contributed by atoms with E-state index in [0.717, 1.165) is 11.1 Å². The fourth-order valence-electron chi connectivity index (χ4n) is 5.58. The van der Waals surface area contributed by atoms with Gasteiger partial charge in [0.05, 0.1) is 31.4 Å². The van der Waals surface area contributed by atoms with Crippen molar-refractivity contribution in [2.45, 2.75) is 39.0 Å². The average Bonchev–Trinajstić information content (AvgIpc) is 3.37. The van der Waals surface area contributed by atoms with Gasteiger partial charge in [0.1, 0.15) is 29.2 Å². The first-order valence-electron chi connectivity index (χ1n) is 14.4. The topological polar surface area (TPSA) is 74.7 Å². The van der Waals surface area contributed by atoms with Crippen molar-refractivity contribution < 1.29 is 19.1 Å². The molecule has 1 unspecified atom stereocenters. The van der Waals surface area contributed by atoms with E-state index in [4.69, 9.17) is 37.7 Å². The number of carbonyl (C=O) groups is 2. The highest BCUT2D eigenvalue weighted by molar-refractivity contribution is 6.30. The molecule has 0 radical (unpaired) electrons. The Morgan fingerprint density at radius 2 is 1.51 bits per heavy atom. The van der Waals surface area contributed by atoms with Gasteiger partial charge in [-0.2, -0.15) is 0 Å². The Morgan fingerprint density at radius 1 is 0.907 bits per heavy atom. The zero-order chi connectivity index (χ0) is 30.7. The lowest BCUT2D eigenvalue weighted by atomic mass is 9.93. The van der Waals surface area contributed by atoms with Crippen LogP contribution in [-0.2, 0) is 4.79 Å². The van der Waals surface area contributed by atoms with Gasteiger partial charge in [-0.1, -0.05) is 47.5 Å². The Bertz CT molecular complexity index is 1490. The second-order valence-electron chi connectivity index (χ2n) is 11.1. The molecular weight excluding hydrogens is 587 g/mol. The van der Waals surface area contributed by atoms with Crippen LogP contribution in [-0.4, -0.2) is 78.3 Å². The molecule has 2 aliphatic heterocycles. The fraction of sp³-hybridized carbons (Fsp3) is 0.364. The lowest BCUT2D eigenvalue weighted by Gasteiger charge is -2.39. The highest BCUT2D eigenvalue weighted by atomic mass is 35.5. The van der Waals surface area contributed by atoms with Crippen LogP contribution in [0.2, 0.25) is 10.0 Å². The summed E-state index contributed by atoms with van der Waals surface area (Å²) < 4.78 is 11.8. The number of methoxy groups -OCH3 is 1. The third kappa shape index (κ3) is 6.98. The maximum atomic E-state index is 14.6. The first-order valence-corrected chi connectivity index (χ1v) is 15.1. The fourth-order valence-corrected chi connectivity index (χ4v) is 5.84. The Balaban J connectivity index is 1.63. The third-order valence-electron chi connectivity index (χ3n) is 7.58. The summed E-state index contributed by atoms with van der Waals surface area (Å²) in [6, 6.07) is 19.6. The van der Waals surface area contributed by atoms with E-state index >= 15 is 0 Å². The number of benzene rings is 3. The maximum absolute atomic E-state index is 14.6. The molecule has 5 rings (SSSR count). The van der Waals surface area contributed by atoms with Crippen molar-refractivity contribution in [3.05, 3.63) is 93.5 Å². The van der Waals surface area contributed by atoms with Crippen molar-refractivity contribution in [3.8, 4) is 11.5 Å². The van der Waals surface area contributed by atoms with E-state index in [9.17, 15) is 9.59 Å². The number of piperazine rings is 1. The molecular formula is C33H36Cl2N4O4. The number of amides is 2. The van der Waals surface area contributed by atoms with Gasteiger partial charge >= 0.3 is 6.03 Å². The zero-order valence-corrected chi connectivity index (χ0v) is 26.3. The first kappa shape index (κ1) is 30.9. The van der Waals surface area contributed by atoms with Crippen LogP contribution in [0.1, 0.15) is 49.5 Å². The molecule has 3 aromatic rings. The number of hydrogen-bond acceptors (Lipinski definition) is 6. The van der Waals surface area contributed by atoms with Crippen molar-refractivity contribution in [2.75, 3.05) is 39.8 Å². The molecule has 2 aliphatic rings. The van der Waals surface area contributed by atoms with Crippen molar-refractivity contribution in [3.63, 3.8) is 0 Å². The molecule has 10 heteroatoms. The smallest absolute Gasteiger partial charge is 0.326 e. The lowest BCUT2D eigenvalue weighted by molar-refractivity contribution is -0.118. The highest BCUT2D eigenvalue weighted by Gasteiger charge is 2.45. The summed E-state index contributed by atoms with van der Waals surface area (Å²) in [5, 5.41) is 1.22. The van der Waals surface area contributed by atoms with Crippen molar-refractivity contribution in [2.24, 2.45) is 4.99 Å². The summed E-state index contributed by atoms with van der Waals surface area (Å²) in [5.74, 6) is 1.83. The SMILES string of the molecule is COc1ccc(C2=NC(c3ccc(Cl)cc3)[C@H](c3ccc(Cl)cc3)N2C(=O)N2CCN(CC(C)=O)CC2)c(OC(C)C)c1. The van der Waals surface area contributed by atoms with Gasteiger partial charge in [0.25, 0.3) is 0 Å². The van der Waals surface area contributed by atoms with Crippen molar-refractivity contribution >= 4 is 40.9 Å². The average molecular weight is 624 g/mol. The largest absolute Gasteiger partial charge is 0.497 e. The molecule has 0 spiro atoms. The third-order valence-corrected chi connectivity index (χ3v) is 8.08. The molecule has 2 atom stereocenters. The van der Waals surface area contributed by atoms with Crippen LogP contribution in [0.25, 0.3) is 0 Å². The van der Waals surface area contributed by atoms with Crippen molar-refractivity contribution in [1.29, 1.82) is 0 Å². The van der Waals surface area contributed by atoms with Crippen LogP contribution in [0.4, 0.5) is 4.79 Å². The Morgan fingerprint density at radius 3 is 2.07 bits per heavy atom. The van der Waals surface area contributed by atoms with E-state index in [1.54, 1.807) is 18.9 Å². The minimum absolute atomic E-state index is 0.111. The number of ketones is 1. The van der Waals surface area contributed by atoms with E-state index in [1.807, 2.05) is 85.5 Å². The summed E-state index contributed by atoms with van der Waals surface area (Å²) in [7, 11) is 1.61. The quantitative estimate of drug-likeness (QED) is 0.281. The molecule has 0 aliphatic carbocycles. The van der Waals surface area contributed by atoms with E-state index < -0.39 is 12.1 Å². The molecule has 2 amide bonds. The van der Waals surface area contributed by atoms with Gasteiger partial charge in [0, 0.05) is 42.3 Å². The summed E-state index contributed by atoms with van der Waals surface area (Å²) >= 11 is 12.6. The number of halogens is 2. The second-order valence-corrected chi connectivity index (χ2v) is 12.0. The standard InChI is InChI=1S/C33H36Cl2N4O4/c1-21(2)43-29-19-27(42-4)13-14-28(29)32-36-30(23-5-9-25(34)10-6-23)31(24-7-11-26(35)12-8-24)39(32)33(41)38-17-15-37(16-18-38)20-22(3)40/h5-14,19,21,30-31H,15-18,20H2,1-4H3/t30?,31-/m0/s1. The number of hydrogen-bond donors (Lipinski definition) is 0. The van der Waals surface area contributed by atoms with Gasteiger partial charge in [-0.3, -0.25) is 19.6 Å². The van der Waals surface area contributed by atoms with E-state index in [1.165, 1.54) is 0 Å². The van der Waals surface area contributed by atoms with Crippen LogP contribution < -0.4 is 9.47 Å². The minimum atomic E-state index is -0.467. The van der Waals surface area contributed by atoms with Gasteiger partial charge in [0.15, 0.2) is 0 Å². The number of ether oxygens (including phenoxy) is 2. The minimum Gasteiger partial charge on any atom is -0.497 e. The number of rotatable bonds is 8. The van der Waals surface area contributed by atoms with E-state index in [-0.39, 0.29) is 17.9 Å². The summed E-state index contributed by atoms with van der Waals surface area (Å²) in [6.07, 6.45) is -0.120.